The molecule has 1 saturated heterocycles. The highest BCUT2D eigenvalue weighted by Gasteiger charge is 2.31. The molecule has 2 aromatic rings. The summed E-state index contributed by atoms with van der Waals surface area (Å²) in [7, 11) is 3.45. The molecule has 1 amide bonds. The van der Waals surface area contributed by atoms with E-state index in [2.05, 4.69) is 4.98 Å². The Balaban J connectivity index is 2.16. The molecule has 5 nitrogen and oxygen atoms in total. The number of carbonyl (C=O) groups is 1. The quantitative estimate of drug-likeness (QED) is 0.855. The number of hydrogen-bond donors (Lipinski definition) is 1. The number of likely N-dealkylation sites (tertiary alicyclic amines) is 1. The molecule has 3 rings (SSSR count). The molecule has 1 unspecified atom stereocenters. The number of rotatable bonds is 2. The number of ether oxygens (including phenoxy) is 1. The smallest absolute Gasteiger partial charge is 0.245 e. The molecule has 19 heavy (non-hydrogen) atoms. The fourth-order valence-corrected chi connectivity index (χ4v) is 2.93. The standard InChI is InChI=1S/C13H15N3O2S/c1-15-6-5-11(12(15)17)16-10-4-3-8(18-2)7-9(10)14-13(16)19/h3-4,7,11H,5-6H2,1-2H3,(H,14,19). The van der Waals surface area contributed by atoms with E-state index in [4.69, 9.17) is 17.0 Å². The lowest BCUT2D eigenvalue weighted by Crippen LogP contribution is -2.24. The Morgan fingerprint density at radius 3 is 2.89 bits per heavy atom. The minimum Gasteiger partial charge on any atom is -0.497 e. The number of likely N-dealkylation sites (N-methyl/N-ethyl adjacent to an activating group) is 1. The summed E-state index contributed by atoms with van der Waals surface area (Å²) in [6, 6.07) is 5.51. The minimum atomic E-state index is -0.195. The van der Waals surface area contributed by atoms with Crippen molar-refractivity contribution in [2.75, 3.05) is 20.7 Å². The van der Waals surface area contributed by atoms with Gasteiger partial charge in [-0.15, -0.1) is 0 Å². The Morgan fingerprint density at radius 1 is 1.47 bits per heavy atom. The van der Waals surface area contributed by atoms with E-state index in [0.29, 0.717) is 4.77 Å². The first kappa shape index (κ1) is 12.2. The summed E-state index contributed by atoms with van der Waals surface area (Å²) >= 11 is 5.36. The summed E-state index contributed by atoms with van der Waals surface area (Å²) < 4.78 is 7.69. The van der Waals surface area contributed by atoms with E-state index in [1.165, 1.54) is 0 Å². The minimum absolute atomic E-state index is 0.118. The summed E-state index contributed by atoms with van der Waals surface area (Å²) in [5.74, 6) is 0.888. The molecule has 1 N–H and O–H groups in total. The van der Waals surface area contributed by atoms with Crippen molar-refractivity contribution in [2.45, 2.75) is 12.5 Å². The second-order valence-electron chi connectivity index (χ2n) is 4.75. The largest absolute Gasteiger partial charge is 0.497 e. The highest BCUT2D eigenvalue weighted by Crippen LogP contribution is 2.28. The van der Waals surface area contributed by atoms with Gasteiger partial charge in [-0.05, 0) is 30.8 Å². The highest BCUT2D eigenvalue weighted by atomic mass is 32.1. The summed E-state index contributed by atoms with van der Waals surface area (Å²) in [4.78, 5) is 17.0. The van der Waals surface area contributed by atoms with Gasteiger partial charge in [-0.1, -0.05) is 0 Å². The summed E-state index contributed by atoms with van der Waals surface area (Å²) in [5, 5.41) is 0. The van der Waals surface area contributed by atoms with Crippen molar-refractivity contribution < 1.29 is 9.53 Å². The van der Waals surface area contributed by atoms with E-state index < -0.39 is 0 Å². The topological polar surface area (TPSA) is 50.3 Å². The van der Waals surface area contributed by atoms with Crippen LogP contribution in [0.3, 0.4) is 0 Å². The van der Waals surface area contributed by atoms with Gasteiger partial charge in [0.1, 0.15) is 11.8 Å². The molecule has 0 saturated carbocycles. The van der Waals surface area contributed by atoms with Crippen LogP contribution in [0.5, 0.6) is 5.75 Å². The van der Waals surface area contributed by atoms with Crippen LogP contribution in [0.25, 0.3) is 11.0 Å². The number of carbonyl (C=O) groups excluding carboxylic acids is 1. The number of fused-ring (bicyclic) bond motifs is 1. The van der Waals surface area contributed by atoms with Crippen molar-refractivity contribution >= 4 is 29.2 Å². The molecule has 1 fully saturated rings. The fourth-order valence-electron chi connectivity index (χ4n) is 2.59. The molecule has 1 aliphatic rings. The van der Waals surface area contributed by atoms with Gasteiger partial charge in [0.2, 0.25) is 5.91 Å². The molecule has 2 heterocycles. The van der Waals surface area contributed by atoms with Crippen molar-refractivity contribution in [3.63, 3.8) is 0 Å². The number of H-pyrrole nitrogens is 1. The molecule has 6 heteroatoms. The monoisotopic (exact) mass is 277 g/mol. The third-order valence-electron chi connectivity index (χ3n) is 3.63. The molecule has 0 bridgehead atoms. The van der Waals surface area contributed by atoms with E-state index in [-0.39, 0.29) is 11.9 Å². The molecule has 100 valence electrons. The first-order valence-electron chi connectivity index (χ1n) is 6.15. The van der Waals surface area contributed by atoms with Crippen LogP contribution in [-0.4, -0.2) is 41.1 Å². The molecule has 0 aliphatic carbocycles. The summed E-state index contributed by atoms with van der Waals surface area (Å²) in [5.41, 5.74) is 1.84. The number of hydrogen-bond acceptors (Lipinski definition) is 3. The predicted octanol–water partition coefficient (Wildman–Crippen LogP) is 2.11. The van der Waals surface area contributed by atoms with E-state index in [9.17, 15) is 4.79 Å². The van der Waals surface area contributed by atoms with Gasteiger partial charge in [-0.25, -0.2) is 0 Å². The molecule has 0 radical (unpaired) electrons. The van der Waals surface area contributed by atoms with Crippen LogP contribution in [0.2, 0.25) is 0 Å². The average molecular weight is 277 g/mol. The van der Waals surface area contributed by atoms with Crippen LogP contribution in [0.1, 0.15) is 12.5 Å². The number of nitrogens with zero attached hydrogens (tertiary/aromatic N) is 2. The Hall–Kier alpha value is -1.82. The average Bonchev–Trinajstić information content (AvgIpc) is 2.89. The van der Waals surface area contributed by atoms with E-state index in [0.717, 1.165) is 29.7 Å². The number of benzene rings is 1. The van der Waals surface area contributed by atoms with Crippen molar-refractivity contribution in [2.24, 2.45) is 0 Å². The number of nitrogens with one attached hydrogen (secondary N) is 1. The summed E-state index contributed by atoms with van der Waals surface area (Å²) in [6.45, 7) is 0.772. The van der Waals surface area contributed by atoms with Crippen LogP contribution in [0.4, 0.5) is 0 Å². The molecular weight excluding hydrogens is 262 g/mol. The van der Waals surface area contributed by atoms with Gasteiger partial charge in [-0.3, -0.25) is 4.79 Å². The van der Waals surface area contributed by atoms with Gasteiger partial charge in [0.05, 0.1) is 18.1 Å². The zero-order valence-electron chi connectivity index (χ0n) is 10.8. The zero-order chi connectivity index (χ0) is 13.6. The van der Waals surface area contributed by atoms with E-state index in [1.54, 1.807) is 12.0 Å². The van der Waals surface area contributed by atoms with Gasteiger partial charge in [-0.2, -0.15) is 0 Å². The fraction of sp³-hybridized carbons (Fsp3) is 0.385. The van der Waals surface area contributed by atoms with Gasteiger partial charge in [0, 0.05) is 19.7 Å². The first-order valence-corrected chi connectivity index (χ1v) is 6.56. The lowest BCUT2D eigenvalue weighted by atomic mass is 10.2. The van der Waals surface area contributed by atoms with Gasteiger partial charge in [0.15, 0.2) is 4.77 Å². The normalized spacial score (nSPS) is 19.4. The number of imidazole rings is 1. The third-order valence-corrected chi connectivity index (χ3v) is 3.93. The number of amides is 1. The van der Waals surface area contributed by atoms with Crippen molar-refractivity contribution in [3.05, 3.63) is 23.0 Å². The van der Waals surface area contributed by atoms with Crippen LogP contribution in [-0.2, 0) is 4.79 Å². The van der Waals surface area contributed by atoms with Crippen molar-refractivity contribution in [3.8, 4) is 5.75 Å². The van der Waals surface area contributed by atoms with Crippen LogP contribution >= 0.6 is 12.2 Å². The number of methoxy groups -OCH3 is 1. The SMILES string of the molecule is COc1ccc2c(c1)[nH]c(=S)n2C1CCN(C)C1=O. The zero-order valence-corrected chi connectivity index (χ0v) is 11.7. The van der Waals surface area contributed by atoms with Crippen LogP contribution in [0.15, 0.2) is 18.2 Å². The van der Waals surface area contributed by atoms with Crippen LogP contribution in [0, 0.1) is 4.77 Å². The van der Waals surface area contributed by atoms with E-state index >= 15 is 0 Å². The number of aromatic amines is 1. The molecule has 1 aromatic heterocycles. The summed E-state index contributed by atoms with van der Waals surface area (Å²) in [6.07, 6.45) is 0.794. The van der Waals surface area contributed by atoms with Crippen LogP contribution < -0.4 is 4.74 Å². The van der Waals surface area contributed by atoms with Crippen molar-refractivity contribution in [1.29, 1.82) is 0 Å². The van der Waals surface area contributed by atoms with Crippen molar-refractivity contribution in [1.82, 2.24) is 14.5 Å². The maximum Gasteiger partial charge on any atom is 0.245 e. The van der Waals surface area contributed by atoms with E-state index in [1.807, 2.05) is 29.8 Å². The Bertz CT molecular complexity index is 703. The predicted molar refractivity (Wildman–Crippen MR) is 75.0 cm³/mol. The maximum absolute atomic E-state index is 12.1. The van der Waals surface area contributed by atoms with Gasteiger partial charge in [0.25, 0.3) is 0 Å². The second-order valence-corrected chi connectivity index (χ2v) is 5.13. The number of aromatic nitrogens is 2. The molecule has 1 aliphatic heterocycles. The lowest BCUT2D eigenvalue weighted by Gasteiger charge is -2.12. The Kier molecular flexibility index (Phi) is 2.82. The Labute approximate surface area is 115 Å². The Morgan fingerprint density at radius 2 is 2.26 bits per heavy atom. The second kappa shape index (κ2) is 4.38. The first-order chi connectivity index (χ1) is 9.11. The molecule has 0 spiro atoms. The maximum atomic E-state index is 12.1. The van der Waals surface area contributed by atoms with Gasteiger partial charge >= 0.3 is 0 Å². The molecular formula is C13H15N3O2S. The molecule has 1 aromatic carbocycles. The third kappa shape index (κ3) is 1.83. The molecule has 1 atom stereocenters. The van der Waals surface area contributed by atoms with Gasteiger partial charge < -0.3 is 19.2 Å². The lowest BCUT2D eigenvalue weighted by molar-refractivity contribution is -0.129. The highest BCUT2D eigenvalue weighted by molar-refractivity contribution is 7.71.